The van der Waals surface area contributed by atoms with Gasteiger partial charge in [0, 0.05) is 16.1 Å². The topological polar surface area (TPSA) is 129 Å². The summed E-state index contributed by atoms with van der Waals surface area (Å²) in [6.45, 7) is 1.89. The van der Waals surface area contributed by atoms with Crippen LogP contribution in [0.15, 0.2) is 125 Å². The molecule has 4 amide bonds. The van der Waals surface area contributed by atoms with E-state index in [1.165, 1.54) is 16.8 Å². The molecule has 1 aliphatic heterocycles. The number of ether oxygens (including phenoxy) is 1. The average Bonchev–Trinajstić information content (AvgIpc) is 3.47. The molecule has 1 unspecified atom stereocenters. The second-order valence-electron chi connectivity index (χ2n) is 10.4. The molecule has 238 valence electrons. The first-order valence-corrected chi connectivity index (χ1v) is 15.8. The number of amides is 4. The molecule has 0 spiro atoms. The van der Waals surface area contributed by atoms with Crippen molar-refractivity contribution in [1.82, 2.24) is 10.6 Å². The number of thioether (sulfide) groups is 1. The van der Waals surface area contributed by atoms with E-state index in [9.17, 15) is 19.2 Å². The number of methoxy groups -OCH3 is 1. The lowest BCUT2D eigenvalue weighted by Crippen LogP contribution is -2.36. The fourth-order valence-corrected chi connectivity index (χ4v) is 5.68. The number of amidine groups is 1. The molecule has 0 saturated carbocycles. The van der Waals surface area contributed by atoms with Gasteiger partial charge in [0.2, 0.25) is 5.91 Å². The Morgan fingerprint density at radius 1 is 0.915 bits per heavy atom. The molecular formula is C36H33N5O5S. The zero-order chi connectivity index (χ0) is 33.2. The smallest absolute Gasteiger partial charge is 0.272 e. The number of anilines is 2. The summed E-state index contributed by atoms with van der Waals surface area (Å²) in [5.41, 5.74) is 2.20. The lowest BCUT2D eigenvalue weighted by atomic mass is 10.1. The Kier molecular flexibility index (Phi) is 10.8. The summed E-state index contributed by atoms with van der Waals surface area (Å²) in [6.07, 6.45) is 2.08. The van der Waals surface area contributed by atoms with E-state index in [-0.39, 0.29) is 29.8 Å². The summed E-state index contributed by atoms with van der Waals surface area (Å²) in [5, 5.41) is 13.5. The molecule has 47 heavy (non-hydrogen) atoms. The third-order valence-electron chi connectivity index (χ3n) is 7.01. The van der Waals surface area contributed by atoms with E-state index in [4.69, 9.17) is 4.74 Å². The summed E-state index contributed by atoms with van der Waals surface area (Å²) in [6, 6.07) is 31.9. The standard InChI is InChI=1S/C36H33N5O5S/c1-3-31(36(45)39-32-23-33(42)41(40-32)27-16-8-5-9-17-27)47-29-19-11-15-26(22-29)37-35(44)30(21-24-12-10-18-28(20-24)46-2)38-34(43)25-13-6-4-7-14-25/h4-22,31H,3,23H2,1-2H3,(H,37,44)(H,38,43)(H,39,40,45)/b30-21-. The van der Waals surface area contributed by atoms with E-state index in [0.717, 1.165) is 4.90 Å². The lowest BCUT2D eigenvalue weighted by molar-refractivity contribution is -0.119. The van der Waals surface area contributed by atoms with Gasteiger partial charge in [-0.25, -0.2) is 0 Å². The number of benzene rings is 4. The molecule has 1 heterocycles. The van der Waals surface area contributed by atoms with Crippen LogP contribution in [0.1, 0.15) is 35.7 Å². The third kappa shape index (κ3) is 8.74. The summed E-state index contributed by atoms with van der Waals surface area (Å²) in [5.74, 6) is -0.576. The van der Waals surface area contributed by atoms with Crippen molar-refractivity contribution in [2.45, 2.75) is 29.9 Å². The maximum atomic E-state index is 13.5. The van der Waals surface area contributed by atoms with Gasteiger partial charge in [-0.2, -0.15) is 10.1 Å². The number of hydrazone groups is 1. The molecular weight excluding hydrogens is 614 g/mol. The molecule has 0 bridgehead atoms. The minimum Gasteiger partial charge on any atom is -0.497 e. The predicted molar refractivity (Wildman–Crippen MR) is 184 cm³/mol. The van der Waals surface area contributed by atoms with Gasteiger partial charge < -0.3 is 20.7 Å². The number of nitrogens with zero attached hydrogens (tertiary/aromatic N) is 2. The number of hydrogen-bond donors (Lipinski definition) is 3. The van der Waals surface area contributed by atoms with Crippen LogP contribution < -0.4 is 25.7 Å². The van der Waals surface area contributed by atoms with E-state index in [0.29, 0.717) is 34.7 Å². The number of nitrogens with one attached hydrogen (secondary N) is 3. The fourth-order valence-electron chi connectivity index (χ4n) is 4.67. The number of rotatable bonds is 11. The van der Waals surface area contributed by atoms with Crippen LogP contribution in [0.2, 0.25) is 0 Å². The summed E-state index contributed by atoms with van der Waals surface area (Å²) >= 11 is 1.33. The molecule has 11 heteroatoms. The average molecular weight is 648 g/mol. The summed E-state index contributed by atoms with van der Waals surface area (Å²) < 4.78 is 5.31. The first-order valence-electron chi connectivity index (χ1n) is 14.9. The van der Waals surface area contributed by atoms with Gasteiger partial charge in [0.05, 0.1) is 24.5 Å². The van der Waals surface area contributed by atoms with Gasteiger partial charge >= 0.3 is 0 Å². The lowest BCUT2D eigenvalue weighted by Gasteiger charge is -2.15. The van der Waals surface area contributed by atoms with Crippen molar-refractivity contribution in [3.8, 4) is 5.75 Å². The first-order chi connectivity index (χ1) is 22.8. The Morgan fingerprint density at radius 2 is 1.64 bits per heavy atom. The van der Waals surface area contributed by atoms with E-state index in [1.54, 1.807) is 98.1 Å². The van der Waals surface area contributed by atoms with Crippen molar-refractivity contribution in [3.05, 3.63) is 126 Å². The van der Waals surface area contributed by atoms with Gasteiger partial charge in [-0.05, 0) is 72.7 Å². The van der Waals surface area contributed by atoms with Gasteiger partial charge in [-0.1, -0.05) is 61.5 Å². The zero-order valence-electron chi connectivity index (χ0n) is 25.8. The predicted octanol–water partition coefficient (Wildman–Crippen LogP) is 5.84. The molecule has 0 radical (unpaired) electrons. The highest BCUT2D eigenvalue weighted by Gasteiger charge is 2.28. The first kappa shape index (κ1) is 32.7. The molecule has 10 nitrogen and oxygen atoms in total. The van der Waals surface area contributed by atoms with Crippen molar-refractivity contribution in [2.75, 3.05) is 17.4 Å². The molecule has 0 fully saturated rings. The van der Waals surface area contributed by atoms with Crippen molar-refractivity contribution in [2.24, 2.45) is 5.10 Å². The van der Waals surface area contributed by atoms with Crippen LogP contribution in [-0.2, 0) is 14.4 Å². The number of carbonyl (C=O) groups is 4. The second-order valence-corrected chi connectivity index (χ2v) is 11.7. The molecule has 0 aromatic heterocycles. The van der Waals surface area contributed by atoms with Crippen molar-refractivity contribution in [3.63, 3.8) is 0 Å². The van der Waals surface area contributed by atoms with Crippen LogP contribution in [-0.4, -0.2) is 41.8 Å². The number of hydrogen-bond acceptors (Lipinski definition) is 7. The van der Waals surface area contributed by atoms with Gasteiger partial charge in [-0.15, -0.1) is 11.8 Å². The minimum atomic E-state index is -0.532. The summed E-state index contributed by atoms with van der Waals surface area (Å²) in [4.78, 5) is 53.0. The monoisotopic (exact) mass is 647 g/mol. The van der Waals surface area contributed by atoms with E-state index >= 15 is 0 Å². The van der Waals surface area contributed by atoms with Crippen LogP contribution >= 0.6 is 11.8 Å². The summed E-state index contributed by atoms with van der Waals surface area (Å²) in [7, 11) is 1.55. The van der Waals surface area contributed by atoms with Crippen LogP contribution in [0, 0.1) is 0 Å². The highest BCUT2D eigenvalue weighted by atomic mass is 32.2. The minimum absolute atomic E-state index is 0.00429. The normalized spacial score (nSPS) is 13.4. The van der Waals surface area contributed by atoms with Gasteiger partial charge in [0.15, 0.2) is 0 Å². The molecule has 5 rings (SSSR count). The van der Waals surface area contributed by atoms with Crippen molar-refractivity contribution in [1.29, 1.82) is 0 Å². The van der Waals surface area contributed by atoms with Crippen LogP contribution in [0.25, 0.3) is 6.08 Å². The molecule has 1 aliphatic rings. The quantitative estimate of drug-likeness (QED) is 0.139. The molecule has 1 atom stereocenters. The van der Waals surface area contributed by atoms with Crippen molar-refractivity contribution < 1.29 is 23.9 Å². The molecule has 3 N–H and O–H groups in total. The van der Waals surface area contributed by atoms with Crippen LogP contribution in [0.5, 0.6) is 5.75 Å². The van der Waals surface area contributed by atoms with Gasteiger partial charge in [-0.3, -0.25) is 19.2 Å². The maximum absolute atomic E-state index is 13.5. The Bertz CT molecular complexity index is 1830. The maximum Gasteiger partial charge on any atom is 0.272 e. The molecule has 0 aliphatic carbocycles. The van der Waals surface area contributed by atoms with E-state index in [1.807, 2.05) is 31.2 Å². The molecule has 4 aromatic carbocycles. The highest BCUT2D eigenvalue weighted by molar-refractivity contribution is 8.00. The van der Waals surface area contributed by atoms with Crippen molar-refractivity contribution >= 4 is 58.7 Å². The molecule has 0 saturated heterocycles. The zero-order valence-corrected chi connectivity index (χ0v) is 26.6. The SMILES string of the molecule is CCC(Sc1cccc(NC(=O)/C(=C/c2cccc(OC)c2)NC(=O)c2ccccc2)c1)C(=O)NC1=NN(c2ccccc2)C(=O)C1. The number of carbonyl (C=O) groups excluding carboxylic acids is 4. The van der Waals surface area contributed by atoms with Gasteiger partial charge in [0.25, 0.3) is 17.7 Å². The Morgan fingerprint density at radius 3 is 2.36 bits per heavy atom. The fraction of sp³-hybridized carbons (Fsp3) is 0.139. The molecule has 4 aromatic rings. The Hall–Kier alpha value is -5.68. The Labute approximate surface area is 276 Å². The van der Waals surface area contributed by atoms with Crippen LogP contribution in [0.3, 0.4) is 0 Å². The second kappa shape index (κ2) is 15.5. The third-order valence-corrected chi connectivity index (χ3v) is 8.37. The largest absolute Gasteiger partial charge is 0.497 e. The van der Waals surface area contributed by atoms with E-state index in [2.05, 4.69) is 21.1 Å². The number of para-hydroxylation sites is 1. The van der Waals surface area contributed by atoms with Gasteiger partial charge in [0.1, 0.15) is 17.3 Å². The highest BCUT2D eigenvalue weighted by Crippen LogP contribution is 2.28. The van der Waals surface area contributed by atoms with E-state index < -0.39 is 17.1 Å². The van der Waals surface area contributed by atoms with Crippen LogP contribution in [0.4, 0.5) is 11.4 Å². The Balaban J connectivity index is 1.28.